The molecule has 0 bridgehead atoms. The number of aromatic nitrogens is 1. The fourth-order valence-electron chi connectivity index (χ4n) is 2.49. The third-order valence-electron chi connectivity index (χ3n) is 3.88. The Hall–Kier alpha value is -3.17. The molecule has 0 fully saturated rings. The zero-order chi connectivity index (χ0) is 19.2. The second-order valence-corrected chi connectivity index (χ2v) is 6.80. The molecule has 0 unspecified atom stereocenters. The molecule has 2 aromatic carbocycles. The molecule has 0 saturated carbocycles. The van der Waals surface area contributed by atoms with Crippen molar-refractivity contribution in [2.24, 2.45) is 0 Å². The number of amides is 1. The topological polar surface area (TPSA) is 66.2 Å². The van der Waals surface area contributed by atoms with Gasteiger partial charge in [0.25, 0.3) is 5.91 Å². The van der Waals surface area contributed by atoms with Crippen molar-refractivity contribution in [1.29, 1.82) is 5.26 Å². The summed E-state index contributed by atoms with van der Waals surface area (Å²) in [6.45, 7) is 0.414. The molecule has 3 aromatic rings. The molecule has 1 heterocycles. The smallest absolute Gasteiger partial charge is 0.259 e. The number of rotatable bonds is 5. The van der Waals surface area contributed by atoms with Gasteiger partial charge < -0.3 is 9.64 Å². The van der Waals surface area contributed by atoms with E-state index in [4.69, 9.17) is 10.00 Å². The van der Waals surface area contributed by atoms with Crippen LogP contribution < -0.4 is 4.74 Å². The summed E-state index contributed by atoms with van der Waals surface area (Å²) in [5, 5.41) is 8.88. The first-order chi connectivity index (χ1) is 13.1. The summed E-state index contributed by atoms with van der Waals surface area (Å²) in [6, 6.07) is 19.9. The summed E-state index contributed by atoms with van der Waals surface area (Å²) in [5.41, 5.74) is 1.91. The largest absolute Gasteiger partial charge is 0.438 e. The summed E-state index contributed by atoms with van der Waals surface area (Å²) in [7, 11) is 1.72. The molecule has 0 spiro atoms. The minimum absolute atomic E-state index is 0.195. The van der Waals surface area contributed by atoms with Crippen molar-refractivity contribution < 1.29 is 9.53 Å². The van der Waals surface area contributed by atoms with Crippen molar-refractivity contribution in [2.75, 3.05) is 7.05 Å². The van der Waals surface area contributed by atoms with Crippen LogP contribution in [0.25, 0.3) is 0 Å². The number of nitriles is 1. The number of benzene rings is 2. The summed E-state index contributed by atoms with van der Waals surface area (Å²) in [5.74, 6) is 0.664. The van der Waals surface area contributed by atoms with Gasteiger partial charge in [0.15, 0.2) is 0 Å². The van der Waals surface area contributed by atoms with Crippen LogP contribution in [0, 0.1) is 11.3 Å². The molecular formula is C21H16BrN3O2. The molecule has 0 atom stereocenters. The van der Waals surface area contributed by atoms with Gasteiger partial charge in [-0.3, -0.25) is 4.79 Å². The Kier molecular flexibility index (Phi) is 5.84. The van der Waals surface area contributed by atoms with Gasteiger partial charge in [-0.2, -0.15) is 5.26 Å². The van der Waals surface area contributed by atoms with Crippen LogP contribution >= 0.6 is 15.9 Å². The lowest BCUT2D eigenvalue weighted by molar-refractivity contribution is 0.0781. The Labute approximate surface area is 166 Å². The lowest BCUT2D eigenvalue weighted by Gasteiger charge is -2.18. The Balaban J connectivity index is 1.77. The van der Waals surface area contributed by atoms with E-state index in [1.165, 1.54) is 0 Å². The second kappa shape index (κ2) is 8.47. The average Bonchev–Trinajstić information content (AvgIpc) is 2.70. The van der Waals surface area contributed by atoms with Gasteiger partial charge in [0, 0.05) is 24.3 Å². The molecule has 1 aromatic heterocycles. The number of nitrogens with zero attached hydrogens (tertiary/aromatic N) is 3. The van der Waals surface area contributed by atoms with Gasteiger partial charge in [-0.1, -0.05) is 28.1 Å². The fraction of sp³-hybridized carbons (Fsp3) is 0.0952. The number of ether oxygens (including phenoxy) is 1. The Morgan fingerprint density at radius 3 is 2.52 bits per heavy atom. The van der Waals surface area contributed by atoms with E-state index in [1.807, 2.05) is 24.3 Å². The zero-order valence-electron chi connectivity index (χ0n) is 14.6. The summed E-state index contributed by atoms with van der Waals surface area (Å²) in [4.78, 5) is 18.7. The SMILES string of the molecule is CN(Cc1ccc(C#N)cc1)C(=O)c1cccnc1Oc1ccc(Br)cc1. The maximum atomic E-state index is 12.9. The Bertz CT molecular complexity index is 980. The molecule has 6 heteroatoms. The van der Waals surface area contributed by atoms with Gasteiger partial charge in [0.05, 0.1) is 11.6 Å². The maximum absolute atomic E-state index is 12.9. The van der Waals surface area contributed by atoms with E-state index < -0.39 is 0 Å². The third-order valence-corrected chi connectivity index (χ3v) is 4.41. The molecule has 5 nitrogen and oxygen atoms in total. The van der Waals surface area contributed by atoms with Crippen LogP contribution in [-0.2, 0) is 6.54 Å². The van der Waals surface area contributed by atoms with Gasteiger partial charge in [-0.05, 0) is 54.1 Å². The molecule has 1 amide bonds. The van der Waals surface area contributed by atoms with Crippen molar-refractivity contribution in [3.63, 3.8) is 0 Å². The molecule has 0 aliphatic rings. The molecule has 0 radical (unpaired) electrons. The highest BCUT2D eigenvalue weighted by molar-refractivity contribution is 9.10. The van der Waals surface area contributed by atoms with Crippen molar-refractivity contribution in [2.45, 2.75) is 6.54 Å². The summed E-state index contributed by atoms with van der Waals surface area (Å²) in [6.07, 6.45) is 1.59. The highest BCUT2D eigenvalue weighted by Gasteiger charge is 2.18. The molecule has 134 valence electrons. The van der Waals surface area contributed by atoms with Crippen LogP contribution in [0.1, 0.15) is 21.5 Å². The maximum Gasteiger partial charge on any atom is 0.259 e. The monoisotopic (exact) mass is 421 g/mol. The summed E-state index contributed by atoms with van der Waals surface area (Å²) < 4.78 is 6.74. The summed E-state index contributed by atoms with van der Waals surface area (Å²) >= 11 is 3.38. The molecule has 3 rings (SSSR count). The Morgan fingerprint density at radius 1 is 1.15 bits per heavy atom. The predicted molar refractivity (Wildman–Crippen MR) is 105 cm³/mol. The van der Waals surface area contributed by atoms with Gasteiger partial charge in [0.1, 0.15) is 11.3 Å². The standard InChI is InChI=1S/C21H16BrN3O2/c1-25(14-16-6-4-15(13-23)5-7-16)21(26)19-3-2-12-24-20(19)27-18-10-8-17(22)9-11-18/h2-12H,14H2,1H3. The fourth-order valence-corrected chi connectivity index (χ4v) is 2.75. The number of halogens is 1. The molecule has 27 heavy (non-hydrogen) atoms. The second-order valence-electron chi connectivity index (χ2n) is 5.88. The minimum atomic E-state index is -0.195. The molecule has 0 N–H and O–H groups in total. The van der Waals surface area contributed by atoms with Gasteiger partial charge >= 0.3 is 0 Å². The van der Waals surface area contributed by atoms with E-state index >= 15 is 0 Å². The molecular weight excluding hydrogens is 406 g/mol. The van der Waals surface area contributed by atoms with E-state index in [9.17, 15) is 4.79 Å². The van der Waals surface area contributed by atoms with E-state index in [1.54, 1.807) is 54.5 Å². The third kappa shape index (κ3) is 4.72. The van der Waals surface area contributed by atoms with E-state index in [0.29, 0.717) is 23.4 Å². The first-order valence-corrected chi connectivity index (χ1v) is 8.99. The van der Waals surface area contributed by atoms with Gasteiger partial charge in [-0.15, -0.1) is 0 Å². The van der Waals surface area contributed by atoms with Crippen LogP contribution in [-0.4, -0.2) is 22.8 Å². The lowest BCUT2D eigenvalue weighted by atomic mass is 10.1. The van der Waals surface area contributed by atoms with E-state index in [-0.39, 0.29) is 11.8 Å². The average molecular weight is 422 g/mol. The van der Waals surface area contributed by atoms with Crippen molar-refractivity contribution in [3.8, 4) is 17.7 Å². The number of hydrogen-bond donors (Lipinski definition) is 0. The molecule has 0 saturated heterocycles. The number of pyridine rings is 1. The first-order valence-electron chi connectivity index (χ1n) is 8.20. The Morgan fingerprint density at radius 2 is 1.85 bits per heavy atom. The quantitative estimate of drug-likeness (QED) is 0.594. The number of hydrogen-bond acceptors (Lipinski definition) is 4. The van der Waals surface area contributed by atoms with Crippen LogP contribution in [0.15, 0.2) is 71.3 Å². The number of carbonyl (C=O) groups excluding carboxylic acids is 1. The predicted octanol–water partition coefficient (Wildman–Crippen LogP) is 4.78. The molecule has 0 aliphatic heterocycles. The van der Waals surface area contributed by atoms with Crippen LogP contribution in [0.2, 0.25) is 0 Å². The minimum Gasteiger partial charge on any atom is -0.438 e. The van der Waals surface area contributed by atoms with Crippen LogP contribution in [0.4, 0.5) is 0 Å². The lowest BCUT2D eigenvalue weighted by Crippen LogP contribution is -2.26. The number of carbonyl (C=O) groups is 1. The van der Waals surface area contributed by atoms with Crippen LogP contribution in [0.3, 0.4) is 0 Å². The first kappa shape index (κ1) is 18.6. The molecule has 0 aliphatic carbocycles. The van der Waals surface area contributed by atoms with Gasteiger partial charge in [-0.25, -0.2) is 4.98 Å². The highest BCUT2D eigenvalue weighted by Crippen LogP contribution is 2.25. The zero-order valence-corrected chi connectivity index (χ0v) is 16.2. The van der Waals surface area contributed by atoms with Crippen LogP contribution in [0.5, 0.6) is 11.6 Å². The van der Waals surface area contributed by atoms with Crippen molar-refractivity contribution in [1.82, 2.24) is 9.88 Å². The van der Waals surface area contributed by atoms with Crippen molar-refractivity contribution in [3.05, 3.63) is 88.0 Å². The van der Waals surface area contributed by atoms with E-state index in [0.717, 1.165) is 10.0 Å². The van der Waals surface area contributed by atoms with Crippen molar-refractivity contribution >= 4 is 21.8 Å². The van der Waals surface area contributed by atoms with E-state index in [2.05, 4.69) is 27.0 Å². The highest BCUT2D eigenvalue weighted by atomic mass is 79.9. The normalized spacial score (nSPS) is 10.1. The van der Waals surface area contributed by atoms with Gasteiger partial charge in [0.2, 0.25) is 5.88 Å².